The van der Waals surface area contributed by atoms with Crippen LogP contribution in [0.2, 0.25) is 0 Å². The number of hydrogen-bond acceptors (Lipinski definition) is 3. The second-order valence-electron chi connectivity index (χ2n) is 5.97. The average Bonchev–Trinajstić information content (AvgIpc) is 2.83. The largest absolute Gasteiger partial charge is 0.493 e. The Hall–Kier alpha value is -1.06. The highest BCUT2D eigenvalue weighted by Gasteiger charge is 2.13. The van der Waals surface area contributed by atoms with Crippen molar-refractivity contribution in [1.82, 2.24) is 4.90 Å². The van der Waals surface area contributed by atoms with Crippen LogP contribution in [0.1, 0.15) is 31.4 Å². The van der Waals surface area contributed by atoms with E-state index in [2.05, 4.69) is 44.0 Å². The highest BCUT2D eigenvalue weighted by molar-refractivity contribution is 5.39. The number of ether oxygens (including phenoxy) is 1. The lowest BCUT2D eigenvalue weighted by Crippen LogP contribution is -2.31. The molecule has 0 bridgehead atoms. The maximum absolute atomic E-state index is 6.09. The van der Waals surface area contributed by atoms with Gasteiger partial charge in [-0.3, -0.25) is 0 Å². The number of hydrogen-bond donors (Lipinski definition) is 1. The molecule has 1 aromatic carbocycles. The first-order valence-electron chi connectivity index (χ1n) is 7.25. The van der Waals surface area contributed by atoms with E-state index in [1.165, 1.54) is 11.1 Å². The summed E-state index contributed by atoms with van der Waals surface area (Å²) in [7, 11) is 2.16. The molecule has 3 heteroatoms. The molecule has 1 unspecified atom stereocenters. The molecule has 0 saturated heterocycles. The number of nitrogens with two attached hydrogens (primary N) is 1. The Morgan fingerprint density at radius 1 is 1.37 bits per heavy atom. The highest BCUT2D eigenvalue weighted by atomic mass is 16.5. The monoisotopic (exact) mass is 262 g/mol. The Kier molecular flexibility index (Phi) is 4.83. The lowest BCUT2D eigenvalue weighted by Gasteiger charge is -2.21. The van der Waals surface area contributed by atoms with Crippen LogP contribution < -0.4 is 10.5 Å². The van der Waals surface area contributed by atoms with E-state index in [9.17, 15) is 0 Å². The van der Waals surface area contributed by atoms with Gasteiger partial charge in [-0.1, -0.05) is 26.0 Å². The molecule has 0 saturated carbocycles. The van der Waals surface area contributed by atoms with Crippen LogP contribution in [0.25, 0.3) is 0 Å². The molecule has 1 atom stereocenters. The van der Waals surface area contributed by atoms with Crippen molar-refractivity contribution < 1.29 is 4.74 Å². The van der Waals surface area contributed by atoms with E-state index in [0.29, 0.717) is 12.0 Å². The van der Waals surface area contributed by atoms with Gasteiger partial charge in [0, 0.05) is 19.0 Å². The van der Waals surface area contributed by atoms with Gasteiger partial charge in [0.05, 0.1) is 6.61 Å². The third-order valence-electron chi connectivity index (χ3n) is 3.91. The summed E-state index contributed by atoms with van der Waals surface area (Å²) in [5.41, 5.74) is 8.81. The molecule has 1 aliphatic heterocycles. The fraction of sp³-hybridized carbons (Fsp3) is 0.625. The van der Waals surface area contributed by atoms with Crippen LogP contribution in [0, 0.1) is 5.92 Å². The Balaban J connectivity index is 1.83. The summed E-state index contributed by atoms with van der Waals surface area (Å²) in [5.74, 6) is 1.62. The van der Waals surface area contributed by atoms with Crippen LogP contribution in [-0.4, -0.2) is 31.1 Å². The van der Waals surface area contributed by atoms with E-state index in [0.717, 1.165) is 38.3 Å². The van der Waals surface area contributed by atoms with Crippen LogP contribution in [-0.2, 0) is 13.0 Å². The third-order valence-corrected chi connectivity index (χ3v) is 3.91. The molecule has 1 aliphatic rings. The molecule has 19 heavy (non-hydrogen) atoms. The average molecular weight is 262 g/mol. The van der Waals surface area contributed by atoms with E-state index in [1.807, 2.05) is 0 Å². The van der Waals surface area contributed by atoms with Crippen LogP contribution in [0.4, 0.5) is 0 Å². The van der Waals surface area contributed by atoms with Crippen LogP contribution >= 0.6 is 0 Å². The molecular weight excluding hydrogens is 236 g/mol. The Bertz CT molecular complexity index is 417. The molecule has 0 amide bonds. The normalized spacial score (nSPS) is 15.7. The number of fused-ring (bicyclic) bond motifs is 1. The van der Waals surface area contributed by atoms with Gasteiger partial charge in [0.2, 0.25) is 0 Å². The zero-order valence-corrected chi connectivity index (χ0v) is 12.4. The highest BCUT2D eigenvalue weighted by Crippen LogP contribution is 2.26. The van der Waals surface area contributed by atoms with Crippen molar-refractivity contribution in [2.75, 3.05) is 20.2 Å². The summed E-state index contributed by atoms with van der Waals surface area (Å²) >= 11 is 0. The minimum atomic E-state index is 0.302. The number of benzene rings is 1. The first-order valence-corrected chi connectivity index (χ1v) is 7.25. The van der Waals surface area contributed by atoms with Gasteiger partial charge < -0.3 is 15.4 Å². The van der Waals surface area contributed by atoms with Crippen molar-refractivity contribution >= 4 is 0 Å². The standard InChI is InChI=1S/C16H26N2O/c1-12(2)15(17)6-8-18(3)11-13-4-5-16-14(10-13)7-9-19-16/h4-5,10,12,15H,6-9,11,17H2,1-3H3. The van der Waals surface area contributed by atoms with E-state index in [1.54, 1.807) is 0 Å². The fourth-order valence-electron chi connectivity index (χ4n) is 2.43. The number of nitrogens with zero attached hydrogens (tertiary/aromatic N) is 1. The van der Waals surface area contributed by atoms with Crippen molar-refractivity contribution in [3.05, 3.63) is 29.3 Å². The van der Waals surface area contributed by atoms with E-state index in [4.69, 9.17) is 10.5 Å². The van der Waals surface area contributed by atoms with Crippen molar-refractivity contribution in [2.45, 2.75) is 39.3 Å². The molecule has 0 aromatic heterocycles. The van der Waals surface area contributed by atoms with Crippen LogP contribution in [0.3, 0.4) is 0 Å². The molecule has 106 valence electrons. The summed E-state index contributed by atoms with van der Waals surface area (Å²) < 4.78 is 5.53. The smallest absolute Gasteiger partial charge is 0.122 e. The van der Waals surface area contributed by atoms with E-state index >= 15 is 0 Å². The Morgan fingerprint density at radius 3 is 2.89 bits per heavy atom. The molecule has 1 aromatic rings. The topological polar surface area (TPSA) is 38.5 Å². The second kappa shape index (κ2) is 6.40. The van der Waals surface area contributed by atoms with Gasteiger partial charge in [-0.2, -0.15) is 0 Å². The molecular formula is C16H26N2O. The van der Waals surface area contributed by atoms with Gasteiger partial charge in [0.1, 0.15) is 5.75 Å². The van der Waals surface area contributed by atoms with Gasteiger partial charge in [-0.15, -0.1) is 0 Å². The molecule has 0 spiro atoms. The zero-order chi connectivity index (χ0) is 13.8. The van der Waals surface area contributed by atoms with E-state index < -0.39 is 0 Å². The molecule has 0 radical (unpaired) electrons. The second-order valence-corrected chi connectivity index (χ2v) is 5.97. The molecule has 0 fully saturated rings. The van der Waals surface area contributed by atoms with Crippen LogP contribution in [0.15, 0.2) is 18.2 Å². The first kappa shape index (κ1) is 14.4. The number of rotatable bonds is 6. The molecule has 2 rings (SSSR count). The molecule has 3 nitrogen and oxygen atoms in total. The van der Waals surface area contributed by atoms with Crippen molar-refractivity contribution in [3.8, 4) is 5.75 Å². The van der Waals surface area contributed by atoms with Crippen molar-refractivity contribution in [3.63, 3.8) is 0 Å². The Labute approximate surface area is 116 Å². The maximum atomic E-state index is 6.09. The van der Waals surface area contributed by atoms with Gasteiger partial charge in [-0.05, 0) is 43.1 Å². The van der Waals surface area contributed by atoms with E-state index in [-0.39, 0.29) is 0 Å². The van der Waals surface area contributed by atoms with Crippen molar-refractivity contribution in [2.24, 2.45) is 11.7 Å². The predicted octanol–water partition coefficient (Wildman–Crippen LogP) is 2.43. The predicted molar refractivity (Wildman–Crippen MR) is 79.4 cm³/mol. The van der Waals surface area contributed by atoms with Gasteiger partial charge >= 0.3 is 0 Å². The van der Waals surface area contributed by atoms with Crippen LogP contribution in [0.5, 0.6) is 5.75 Å². The first-order chi connectivity index (χ1) is 9.06. The van der Waals surface area contributed by atoms with Crippen molar-refractivity contribution in [1.29, 1.82) is 0 Å². The summed E-state index contributed by atoms with van der Waals surface area (Å²) in [4.78, 5) is 2.35. The summed E-state index contributed by atoms with van der Waals surface area (Å²) in [6.07, 6.45) is 2.10. The van der Waals surface area contributed by atoms with Gasteiger partial charge in [0.25, 0.3) is 0 Å². The lowest BCUT2D eigenvalue weighted by atomic mass is 10.0. The Morgan fingerprint density at radius 2 is 2.16 bits per heavy atom. The summed E-state index contributed by atoms with van der Waals surface area (Å²) in [6.45, 7) is 7.24. The van der Waals surface area contributed by atoms with Gasteiger partial charge in [0.15, 0.2) is 0 Å². The molecule has 0 aliphatic carbocycles. The summed E-state index contributed by atoms with van der Waals surface area (Å²) in [6, 6.07) is 6.85. The zero-order valence-electron chi connectivity index (χ0n) is 12.4. The summed E-state index contributed by atoms with van der Waals surface area (Å²) in [5, 5.41) is 0. The molecule has 2 N–H and O–H groups in total. The maximum Gasteiger partial charge on any atom is 0.122 e. The third kappa shape index (κ3) is 3.95. The van der Waals surface area contributed by atoms with Gasteiger partial charge in [-0.25, -0.2) is 0 Å². The molecule has 1 heterocycles. The minimum absolute atomic E-state index is 0.302. The fourth-order valence-corrected chi connectivity index (χ4v) is 2.43. The minimum Gasteiger partial charge on any atom is -0.493 e. The quantitative estimate of drug-likeness (QED) is 0.855. The SMILES string of the molecule is CC(C)C(N)CCN(C)Cc1ccc2c(c1)CCO2. The lowest BCUT2D eigenvalue weighted by molar-refractivity contribution is 0.296.